The number of nitrogens with one attached hydrogen (secondary N) is 1. The second-order valence-electron chi connectivity index (χ2n) is 9.22. The van der Waals surface area contributed by atoms with Crippen LogP contribution in [0.15, 0.2) is 48.5 Å². The second kappa shape index (κ2) is 10.1. The number of para-hydroxylation sites is 2. The highest BCUT2D eigenvalue weighted by Gasteiger charge is 2.30. The Morgan fingerprint density at radius 3 is 2.67 bits per heavy atom. The summed E-state index contributed by atoms with van der Waals surface area (Å²) in [4.78, 5) is 15.4. The van der Waals surface area contributed by atoms with Crippen molar-refractivity contribution in [2.24, 2.45) is 5.92 Å². The number of rotatable bonds is 6. The minimum Gasteiger partial charge on any atom is -0.478 e. The van der Waals surface area contributed by atoms with Gasteiger partial charge in [-0.3, -0.25) is 14.0 Å². The maximum Gasteiger partial charge on any atom is 0.261 e. The summed E-state index contributed by atoms with van der Waals surface area (Å²) in [5.74, 6) is 0.901. The van der Waals surface area contributed by atoms with E-state index in [4.69, 9.17) is 4.74 Å². The molecular weight excluding hydrogens is 438 g/mol. The molecule has 0 aliphatic carbocycles. The van der Waals surface area contributed by atoms with E-state index >= 15 is 0 Å². The van der Waals surface area contributed by atoms with Crippen LogP contribution in [0.3, 0.4) is 0 Å². The first kappa shape index (κ1) is 23.6. The molecule has 4 rings (SSSR count). The molecule has 2 aliphatic heterocycles. The lowest BCUT2D eigenvalue weighted by Gasteiger charge is -2.30. The van der Waals surface area contributed by atoms with E-state index in [0.29, 0.717) is 18.0 Å². The van der Waals surface area contributed by atoms with Crippen LogP contribution in [0.25, 0.3) is 0 Å². The van der Waals surface area contributed by atoms with Crippen molar-refractivity contribution in [2.45, 2.75) is 45.4 Å². The molecule has 2 unspecified atom stereocenters. The van der Waals surface area contributed by atoms with Crippen LogP contribution >= 0.6 is 0 Å². The lowest BCUT2D eigenvalue weighted by atomic mass is 9.99. The molecule has 2 heterocycles. The molecule has 2 atom stereocenters. The Morgan fingerprint density at radius 1 is 1.09 bits per heavy atom. The Kier molecular flexibility index (Phi) is 7.24. The van der Waals surface area contributed by atoms with E-state index in [1.807, 2.05) is 12.1 Å². The second-order valence-corrected chi connectivity index (χ2v) is 11.1. The molecule has 7 nitrogen and oxygen atoms in total. The maximum atomic E-state index is 12.9. The molecule has 33 heavy (non-hydrogen) atoms. The van der Waals surface area contributed by atoms with Crippen molar-refractivity contribution in [2.75, 3.05) is 30.2 Å². The number of carbonyl (C=O) groups excluding carboxylic acids is 1. The molecule has 0 saturated carbocycles. The van der Waals surface area contributed by atoms with Crippen molar-refractivity contribution in [3.63, 3.8) is 0 Å². The summed E-state index contributed by atoms with van der Waals surface area (Å²) in [6, 6.07) is 15.3. The lowest BCUT2D eigenvalue weighted by molar-refractivity contribution is -0.128. The van der Waals surface area contributed by atoms with Gasteiger partial charge in [-0.1, -0.05) is 43.3 Å². The number of ether oxygens (including phenoxy) is 1. The van der Waals surface area contributed by atoms with Crippen molar-refractivity contribution in [3.8, 4) is 5.75 Å². The minimum atomic E-state index is -3.47. The number of piperidine rings is 1. The topological polar surface area (TPSA) is 79.0 Å². The van der Waals surface area contributed by atoms with Crippen LogP contribution in [-0.2, 0) is 27.9 Å². The zero-order valence-corrected chi connectivity index (χ0v) is 20.2. The van der Waals surface area contributed by atoms with Crippen molar-refractivity contribution in [3.05, 3.63) is 59.7 Å². The molecule has 2 aromatic rings. The van der Waals surface area contributed by atoms with E-state index < -0.39 is 16.1 Å². The molecule has 1 fully saturated rings. The minimum absolute atomic E-state index is 0.192. The quantitative estimate of drug-likeness (QED) is 0.700. The summed E-state index contributed by atoms with van der Waals surface area (Å²) in [5, 5.41) is 2.97. The van der Waals surface area contributed by atoms with Gasteiger partial charge in [-0.05, 0) is 48.6 Å². The third-order valence-corrected chi connectivity index (χ3v) is 7.48. The average Bonchev–Trinajstić information content (AvgIpc) is 2.98. The van der Waals surface area contributed by atoms with E-state index in [-0.39, 0.29) is 18.9 Å². The Bertz CT molecular complexity index is 1090. The number of amides is 1. The highest BCUT2D eigenvalue weighted by atomic mass is 32.2. The SMILES string of the molecule is CC1CCCN(Cc2cccc(CNC(=O)C3CCN(S(C)(=O)=O)c4ccccc4O3)c2)C1. The fraction of sp³-hybridized carbons (Fsp3) is 0.480. The van der Waals surface area contributed by atoms with Gasteiger partial charge in [0, 0.05) is 32.6 Å². The van der Waals surface area contributed by atoms with Gasteiger partial charge in [0.1, 0.15) is 5.75 Å². The Morgan fingerprint density at radius 2 is 1.88 bits per heavy atom. The highest BCUT2D eigenvalue weighted by Crippen LogP contribution is 2.33. The monoisotopic (exact) mass is 471 g/mol. The molecule has 0 spiro atoms. The van der Waals surface area contributed by atoms with Gasteiger partial charge in [-0.2, -0.15) is 0 Å². The van der Waals surface area contributed by atoms with Crippen LogP contribution in [0, 0.1) is 5.92 Å². The summed E-state index contributed by atoms with van der Waals surface area (Å²) in [5.41, 5.74) is 2.76. The molecule has 8 heteroatoms. The van der Waals surface area contributed by atoms with Gasteiger partial charge in [0.05, 0.1) is 11.9 Å². The van der Waals surface area contributed by atoms with Gasteiger partial charge in [-0.25, -0.2) is 8.42 Å². The van der Waals surface area contributed by atoms with Crippen LogP contribution in [0.2, 0.25) is 0 Å². The first-order valence-corrected chi connectivity index (χ1v) is 13.5. The Balaban J connectivity index is 1.38. The first-order valence-electron chi connectivity index (χ1n) is 11.6. The maximum absolute atomic E-state index is 12.9. The van der Waals surface area contributed by atoms with Gasteiger partial charge >= 0.3 is 0 Å². The first-order chi connectivity index (χ1) is 15.8. The standard InChI is InChI=1S/C25H33N3O4S/c1-19-7-6-13-27(17-19)18-21-9-5-8-20(15-21)16-26-25(29)24-12-14-28(33(2,30)31)22-10-3-4-11-23(22)32-24/h3-5,8-11,15,19,24H,6-7,12-14,16-18H2,1-2H3,(H,26,29). The van der Waals surface area contributed by atoms with E-state index in [0.717, 1.165) is 31.1 Å². The molecular formula is C25H33N3O4S. The zero-order valence-electron chi connectivity index (χ0n) is 19.4. The molecule has 0 aromatic heterocycles. The van der Waals surface area contributed by atoms with E-state index in [1.165, 1.54) is 29.0 Å². The van der Waals surface area contributed by atoms with Gasteiger partial charge in [0.25, 0.3) is 5.91 Å². The van der Waals surface area contributed by atoms with Gasteiger partial charge < -0.3 is 10.1 Å². The predicted molar refractivity (Wildman–Crippen MR) is 130 cm³/mol. The van der Waals surface area contributed by atoms with Gasteiger partial charge in [0.15, 0.2) is 6.10 Å². The normalized spacial score (nSPS) is 21.6. The largest absolute Gasteiger partial charge is 0.478 e. The third kappa shape index (κ3) is 6.06. The molecule has 0 radical (unpaired) electrons. The van der Waals surface area contributed by atoms with Crippen LogP contribution in [-0.4, -0.2) is 51.2 Å². The van der Waals surface area contributed by atoms with E-state index in [1.54, 1.807) is 24.3 Å². The number of sulfonamides is 1. The van der Waals surface area contributed by atoms with Crippen LogP contribution in [0.5, 0.6) is 5.75 Å². The fourth-order valence-corrected chi connectivity index (χ4v) is 5.63. The smallest absolute Gasteiger partial charge is 0.261 e. The summed E-state index contributed by atoms with van der Waals surface area (Å²) in [6.07, 6.45) is 3.25. The van der Waals surface area contributed by atoms with Crippen LogP contribution in [0.1, 0.15) is 37.3 Å². The zero-order chi connectivity index (χ0) is 23.4. The molecule has 178 valence electrons. The predicted octanol–water partition coefficient (Wildman–Crippen LogP) is 3.15. The number of hydrogen-bond donors (Lipinski definition) is 1. The lowest BCUT2D eigenvalue weighted by Crippen LogP contribution is -2.39. The summed E-state index contributed by atoms with van der Waals surface area (Å²) in [6.45, 7) is 6.09. The van der Waals surface area contributed by atoms with Crippen molar-refractivity contribution in [1.29, 1.82) is 0 Å². The van der Waals surface area contributed by atoms with Crippen molar-refractivity contribution in [1.82, 2.24) is 10.2 Å². The molecule has 2 aliphatic rings. The van der Waals surface area contributed by atoms with Crippen molar-refractivity contribution < 1.29 is 17.9 Å². The molecule has 1 amide bonds. The number of carbonyl (C=O) groups is 1. The molecule has 1 N–H and O–H groups in total. The Hall–Kier alpha value is -2.58. The molecule has 2 aromatic carbocycles. The van der Waals surface area contributed by atoms with Crippen LogP contribution < -0.4 is 14.4 Å². The average molecular weight is 472 g/mol. The van der Waals surface area contributed by atoms with Gasteiger partial charge in [-0.15, -0.1) is 0 Å². The van der Waals surface area contributed by atoms with E-state index in [9.17, 15) is 13.2 Å². The van der Waals surface area contributed by atoms with Crippen molar-refractivity contribution >= 4 is 21.6 Å². The summed E-state index contributed by atoms with van der Waals surface area (Å²) in [7, 11) is -3.47. The number of fused-ring (bicyclic) bond motifs is 1. The molecule has 1 saturated heterocycles. The summed E-state index contributed by atoms with van der Waals surface area (Å²) < 4.78 is 31.7. The fourth-order valence-electron chi connectivity index (χ4n) is 4.69. The van der Waals surface area contributed by atoms with Gasteiger partial charge in [0.2, 0.25) is 10.0 Å². The number of anilines is 1. The highest BCUT2D eigenvalue weighted by molar-refractivity contribution is 7.92. The molecule has 0 bridgehead atoms. The van der Waals surface area contributed by atoms with E-state index in [2.05, 4.69) is 29.3 Å². The number of hydrogen-bond acceptors (Lipinski definition) is 5. The number of nitrogens with zero attached hydrogens (tertiary/aromatic N) is 2. The summed E-state index contributed by atoms with van der Waals surface area (Å²) >= 11 is 0. The number of likely N-dealkylation sites (tertiary alicyclic amines) is 1. The third-order valence-electron chi connectivity index (χ3n) is 6.30. The Labute approximate surface area is 196 Å². The number of benzene rings is 2. The van der Waals surface area contributed by atoms with Crippen LogP contribution in [0.4, 0.5) is 5.69 Å².